The maximum atomic E-state index is 11.2. The second-order valence-electron chi connectivity index (χ2n) is 3.92. The molecule has 0 saturated carbocycles. The molecule has 0 aromatic heterocycles. The zero-order valence-electron chi connectivity index (χ0n) is 10.7. The van der Waals surface area contributed by atoms with Crippen molar-refractivity contribution in [1.82, 2.24) is 5.32 Å². The van der Waals surface area contributed by atoms with Crippen molar-refractivity contribution >= 4 is 5.91 Å². The summed E-state index contributed by atoms with van der Waals surface area (Å²) in [4.78, 5) is 11.2. The van der Waals surface area contributed by atoms with Gasteiger partial charge in [0.2, 0.25) is 5.91 Å². The molecule has 0 aliphatic heterocycles. The van der Waals surface area contributed by atoms with Gasteiger partial charge in [-0.1, -0.05) is 13.8 Å². The molecular formula is C11H23N2O3V-. The molecule has 0 saturated heterocycles. The van der Waals surface area contributed by atoms with Crippen LogP contribution in [0.5, 0.6) is 0 Å². The summed E-state index contributed by atoms with van der Waals surface area (Å²) in [7, 11) is 0. The Morgan fingerprint density at radius 3 is 2.29 bits per heavy atom. The van der Waals surface area contributed by atoms with Crippen LogP contribution in [0.4, 0.5) is 0 Å². The van der Waals surface area contributed by atoms with E-state index in [1.54, 1.807) is 0 Å². The second-order valence-corrected chi connectivity index (χ2v) is 3.92. The van der Waals surface area contributed by atoms with Crippen LogP contribution in [0.2, 0.25) is 0 Å². The molecule has 0 unspecified atom stereocenters. The van der Waals surface area contributed by atoms with E-state index in [9.17, 15) is 4.79 Å². The van der Waals surface area contributed by atoms with E-state index in [-0.39, 0.29) is 31.0 Å². The van der Waals surface area contributed by atoms with Gasteiger partial charge in [-0.3, -0.25) is 4.79 Å². The normalized spacial score (nSPS) is 10.1. The SMILES string of the molecule is CC(C)CC(=O)NCCOCCOCC[NH-].[V]. The summed E-state index contributed by atoms with van der Waals surface area (Å²) in [5, 5.41) is 2.78. The fourth-order valence-corrected chi connectivity index (χ4v) is 1.10. The van der Waals surface area contributed by atoms with Crippen LogP contribution in [0.1, 0.15) is 20.3 Å². The average molecular weight is 282 g/mol. The minimum Gasteiger partial charge on any atom is -0.676 e. The predicted octanol–water partition coefficient (Wildman–Crippen LogP) is 1.23. The Morgan fingerprint density at radius 2 is 1.76 bits per heavy atom. The van der Waals surface area contributed by atoms with Crippen molar-refractivity contribution < 1.29 is 32.8 Å². The van der Waals surface area contributed by atoms with Gasteiger partial charge in [-0.2, -0.15) is 0 Å². The fourth-order valence-electron chi connectivity index (χ4n) is 1.10. The van der Waals surface area contributed by atoms with Gasteiger partial charge in [0.1, 0.15) is 0 Å². The summed E-state index contributed by atoms with van der Waals surface area (Å²) < 4.78 is 10.3. The summed E-state index contributed by atoms with van der Waals surface area (Å²) in [6.45, 7) is 6.84. The predicted molar refractivity (Wildman–Crippen MR) is 63.3 cm³/mol. The first-order valence-electron chi connectivity index (χ1n) is 5.73. The molecule has 0 spiro atoms. The van der Waals surface area contributed by atoms with Crippen molar-refractivity contribution in [2.45, 2.75) is 20.3 Å². The molecule has 0 aromatic carbocycles. The molecule has 101 valence electrons. The smallest absolute Gasteiger partial charge is 0.220 e. The van der Waals surface area contributed by atoms with E-state index in [2.05, 4.69) is 5.32 Å². The van der Waals surface area contributed by atoms with Gasteiger partial charge in [-0.15, -0.1) is 6.54 Å². The van der Waals surface area contributed by atoms with Crippen molar-refractivity contribution in [3.05, 3.63) is 5.73 Å². The van der Waals surface area contributed by atoms with Crippen molar-refractivity contribution in [3.8, 4) is 0 Å². The van der Waals surface area contributed by atoms with Crippen molar-refractivity contribution in [2.24, 2.45) is 5.92 Å². The van der Waals surface area contributed by atoms with Gasteiger partial charge < -0.3 is 20.5 Å². The van der Waals surface area contributed by atoms with Gasteiger partial charge in [-0.25, -0.2) is 0 Å². The number of ether oxygens (including phenoxy) is 2. The first kappa shape index (κ1) is 19.3. The minimum absolute atomic E-state index is 0. The van der Waals surface area contributed by atoms with Gasteiger partial charge in [0.15, 0.2) is 0 Å². The molecule has 6 heteroatoms. The van der Waals surface area contributed by atoms with E-state index < -0.39 is 0 Å². The minimum atomic E-state index is 0. The molecule has 1 amide bonds. The Hall–Kier alpha value is -0.0656. The number of hydrogen-bond donors (Lipinski definition) is 1. The number of carbonyl (C=O) groups excluding carboxylic acids is 1. The molecule has 2 N–H and O–H groups in total. The van der Waals surface area contributed by atoms with Crippen molar-refractivity contribution in [2.75, 3.05) is 39.5 Å². The maximum Gasteiger partial charge on any atom is 0.220 e. The van der Waals surface area contributed by atoms with Crippen LogP contribution in [0.15, 0.2) is 0 Å². The quantitative estimate of drug-likeness (QED) is 0.613. The Bertz CT molecular complexity index is 180. The molecule has 0 rings (SSSR count). The monoisotopic (exact) mass is 282 g/mol. The Morgan fingerprint density at radius 1 is 1.18 bits per heavy atom. The standard InChI is InChI=1S/C11H23N2O3.V/c1-10(2)9-11(14)13-4-6-16-8-7-15-5-3-12;/h10,12H,3-9H2,1-2H3,(H,13,14);/q-1;. The molecule has 0 aliphatic rings. The third-order valence-electron chi connectivity index (χ3n) is 1.78. The Kier molecular flexibility index (Phi) is 15.9. The zero-order valence-corrected chi connectivity index (χ0v) is 12.1. The van der Waals surface area contributed by atoms with E-state index in [4.69, 9.17) is 15.2 Å². The Labute approximate surface area is 116 Å². The molecule has 0 heterocycles. The Balaban J connectivity index is 0. The summed E-state index contributed by atoms with van der Waals surface area (Å²) in [5.74, 6) is 0.461. The number of nitrogens with one attached hydrogen (secondary N) is 2. The van der Waals surface area contributed by atoms with Gasteiger partial charge >= 0.3 is 0 Å². The summed E-state index contributed by atoms with van der Waals surface area (Å²) >= 11 is 0. The number of rotatable bonds is 10. The van der Waals surface area contributed by atoms with Gasteiger partial charge in [0.25, 0.3) is 0 Å². The van der Waals surface area contributed by atoms with Crippen LogP contribution >= 0.6 is 0 Å². The average Bonchev–Trinajstić information content (AvgIpc) is 2.21. The molecule has 5 nitrogen and oxygen atoms in total. The van der Waals surface area contributed by atoms with Crippen LogP contribution < -0.4 is 5.32 Å². The second kappa shape index (κ2) is 14.0. The summed E-state index contributed by atoms with van der Waals surface area (Å²) in [6.07, 6.45) is 0.562. The fraction of sp³-hybridized carbons (Fsp3) is 0.909. The van der Waals surface area contributed by atoms with Gasteiger partial charge in [0.05, 0.1) is 19.8 Å². The first-order valence-corrected chi connectivity index (χ1v) is 5.73. The van der Waals surface area contributed by atoms with Crippen LogP contribution in [0.3, 0.4) is 0 Å². The number of amides is 1. The molecule has 17 heavy (non-hydrogen) atoms. The van der Waals surface area contributed by atoms with Crippen LogP contribution in [0, 0.1) is 5.92 Å². The van der Waals surface area contributed by atoms with Gasteiger partial charge in [-0.05, 0) is 5.92 Å². The third kappa shape index (κ3) is 15.9. The van der Waals surface area contributed by atoms with E-state index in [1.807, 2.05) is 13.8 Å². The third-order valence-corrected chi connectivity index (χ3v) is 1.78. The van der Waals surface area contributed by atoms with Crippen LogP contribution in [-0.2, 0) is 32.8 Å². The van der Waals surface area contributed by atoms with Crippen molar-refractivity contribution in [3.63, 3.8) is 0 Å². The number of carbonyl (C=O) groups is 1. The van der Waals surface area contributed by atoms with E-state index >= 15 is 0 Å². The van der Waals surface area contributed by atoms with E-state index in [0.29, 0.717) is 45.3 Å². The first-order chi connectivity index (χ1) is 7.66. The molecule has 0 fully saturated rings. The number of hydrogen-bond acceptors (Lipinski definition) is 3. The maximum absolute atomic E-state index is 11.2. The van der Waals surface area contributed by atoms with Crippen LogP contribution in [0.25, 0.3) is 5.73 Å². The molecule has 0 aliphatic carbocycles. The zero-order chi connectivity index (χ0) is 12.2. The molecule has 1 radical (unpaired) electrons. The largest absolute Gasteiger partial charge is 0.676 e. The van der Waals surface area contributed by atoms with Crippen molar-refractivity contribution in [1.29, 1.82) is 0 Å². The molecule has 0 bridgehead atoms. The molecule has 0 aromatic rings. The van der Waals surface area contributed by atoms with E-state index in [1.165, 1.54) is 0 Å². The van der Waals surface area contributed by atoms with Crippen LogP contribution in [-0.4, -0.2) is 45.4 Å². The van der Waals surface area contributed by atoms with E-state index in [0.717, 1.165) is 0 Å². The molecular weight excluding hydrogens is 259 g/mol. The topological polar surface area (TPSA) is 71.4 Å². The molecule has 0 atom stereocenters. The van der Waals surface area contributed by atoms with Gasteiger partial charge in [0, 0.05) is 38.1 Å². The summed E-state index contributed by atoms with van der Waals surface area (Å²) in [6, 6.07) is 0. The summed E-state index contributed by atoms with van der Waals surface area (Å²) in [5.41, 5.74) is 6.84.